The molecule has 0 atom stereocenters. The van der Waals surface area contributed by atoms with Crippen molar-refractivity contribution in [1.29, 1.82) is 0 Å². The van der Waals surface area contributed by atoms with Crippen LogP contribution in [0.4, 0.5) is 30.4 Å². The van der Waals surface area contributed by atoms with Crippen LogP contribution in [0.25, 0.3) is 0 Å². The summed E-state index contributed by atoms with van der Waals surface area (Å²) in [7, 11) is 0. The zero-order valence-corrected chi connectivity index (χ0v) is 20.5. The molecule has 9 nitrogen and oxygen atoms in total. The Morgan fingerprint density at radius 1 is 1.14 bits per heavy atom. The average Bonchev–Trinajstić information content (AvgIpc) is 2.89. The van der Waals surface area contributed by atoms with Gasteiger partial charge in [-0.05, 0) is 43.9 Å². The summed E-state index contributed by atoms with van der Waals surface area (Å²) in [5.41, 5.74) is -2.00. The molecule has 1 aromatic heterocycles. The van der Waals surface area contributed by atoms with E-state index in [1.54, 1.807) is 12.3 Å². The van der Waals surface area contributed by atoms with Crippen LogP contribution in [-0.4, -0.2) is 59.0 Å². The molecule has 1 aromatic carbocycles. The van der Waals surface area contributed by atoms with E-state index in [2.05, 4.69) is 15.2 Å². The first-order chi connectivity index (χ1) is 17.6. The van der Waals surface area contributed by atoms with Gasteiger partial charge >= 0.3 is 6.18 Å². The Morgan fingerprint density at radius 3 is 2.46 bits per heavy atom. The number of nitrogens with zero attached hydrogens (tertiary/aromatic N) is 4. The molecule has 37 heavy (non-hydrogen) atoms. The van der Waals surface area contributed by atoms with Crippen LogP contribution in [0.1, 0.15) is 44.6 Å². The number of nitrogens with one attached hydrogen (secondary N) is 1. The zero-order valence-electron chi connectivity index (χ0n) is 20.5. The van der Waals surface area contributed by atoms with Crippen molar-refractivity contribution in [3.05, 3.63) is 52.2 Å². The number of amides is 1. The third-order valence-corrected chi connectivity index (χ3v) is 6.82. The quantitative estimate of drug-likeness (QED) is 0.410. The number of rotatable bonds is 7. The topological polar surface area (TPSA) is 101 Å². The fourth-order valence-electron chi connectivity index (χ4n) is 4.82. The molecule has 2 fully saturated rings. The fourth-order valence-corrected chi connectivity index (χ4v) is 4.82. The molecule has 1 aliphatic heterocycles. The van der Waals surface area contributed by atoms with Crippen molar-refractivity contribution in [3.63, 3.8) is 0 Å². The largest absolute Gasteiger partial charge is 0.490 e. The molecule has 1 N–H and O–H groups in total. The summed E-state index contributed by atoms with van der Waals surface area (Å²) in [6.07, 6.45) is 0.169. The molecule has 0 bridgehead atoms. The number of anilines is 2. The van der Waals surface area contributed by atoms with Gasteiger partial charge in [0.2, 0.25) is 5.91 Å². The van der Waals surface area contributed by atoms with Crippen LogP contribution in [0.5, 0.6) is 5.75 Å². The Bertz CT molecular complexity index is 1110. The monoisotopic (exact) mass is 521 g/mol. The number of alkyl halides is 3. The van der Waals surface area contributed by atoms with Crippen molar-refractivity contribution in [2.24, 2.45) is 0 Å². The summed E-state index contributed by atoms with van der Waals surface area (Å²) in [4.78, 5) is 30.3. The molecule has 12 heteroatoms. The summed E-state index contributed by atoms with van der Waals surface area (Å²) >= 11 is 0. The van der Waals surface area contributed by atoms with E-state index in [-0.39, 0.29) is 23.7 Å². The third kappa shape index (κ3) is 6.60. The minimum atomic E-state index is -4.81. The van der Waals surface area contributed by atoms with E-state index in [4.69, 9.17) is 4.74 Å². The number of halogens is 3. The van der Waals surface area contributed by atoms with Gasteiger partial charge < -0.3 is 19.9 Å². The van der Waals surface area contributed by atoms with Crippen LogP contribution >= 0.6 is 0 Å². The maximum Gasteiger partial charge on any atom is 0.423 e. The van der Waals surface area contributed by atoms with Gasteiger partial charge in [0.25, 0.3) is 5.69 Å². The van der Waals surface area contributed by atoms with Gasteiger partial charge in [-0.1, -0.05) is 6.92 Å². The highest BCUT2D eigenvalue weighted by Gasteiger charge is 2.38. The Balaban J connectivity index is 1.30. The molecule has 0 spiro atoms. The van der Waals surface area contributed by atoms with Crippen LogP contribution in [0.2, 0.25) is 0 Å². The maximum absolute atomic E-state index is 13.3. The molecule has 2 aliphatic rings. The predicted octanol–water partition coefficient (Wildman–Crippen LogP) is 4.87. The number of hydrogen-bond donors (Lipinski definition) is 1. The SMILES string of the molecule is CCC(=O)N1CCN(c2cc(O[C@H]3CC[C@H](Nc4ccc([N+](=O)[O-])c(C(F)(F)F)c4)CC3)ccn2)CC1. The van der Waals surface area contributed by atoms with E-state index in [9.17, 15) is 28.1 Å². The van der Waals surface area contributed by atoms with Gasteiger partial charge in [0.05, 0.1) is 11.0 Å². The average molecular weight is 522 g/mol. The fraction of sp³-hybridized carbons (Fsp3) is 0.520. The summed E-state index contributed by atoms with van der Waals surface area (Å²) < 4.78 is 46.0. The van der Waals surface area contributed by atoms with E-state index >= 15 is 0 Å². The number of nitro benzene ring substituents is 1. The third-order valence-electron chi connectivity index (χ3n) is 6.82. The second kappa shape index (κ2) is 11.2. The summed E-state index contributed by atoms with van der Waals surface area (Å²) in [6, 6.07) is 6.65. The number of hydrogen-bond acceptors (Lipinski definition) is 7. The zero-order chi connectivity index (χ0) is 26.6. The van der Waals surface area contributed by atoms with Gasteiger partial charge in [-0.15, -0.1) is 0 Å². The lowest BCUT2D eigenvalue weighted by Gasteiger charge is -2.35. The summed E-state index contributed by atoms with van der Waals surface area (Å²) in [6.45, 7) is 4.60. The van der Waals surface area contributed by atoms with Gasteiger partial charge in [0.1, 0.15) is 17.1 Å². The second-order valence-electron chi connectivity index (χ2n) is 9.29. The van der Waals surface area contributed by atoms with Gasteiger partial charge in [0.15, 0.2) is 0 Å². The standard InChI is InChI=1S/C25H30F3N5O4/c1-2-24(34)32-13-11-31(12-14-32)23-16-20(9-10-29-23)37-19-6-3-17(4-7-19)30-18-5-8-22(33(35)36)21(15-18)25(26,27)28/h5,8-10,15-17,19,30H,2-4,6-7,11-14H2,1H3/t17-,19-. The van der Waals surface area contributed by atoms with Gasteiger partial charge in [-0.25, -0.2) is 4.98 Å². The molecule has 0 unspecified atom stereocenters. The van der Waals surface area contributed by atoms with E-state index in [1.165, 1.54) is 6.07 Å². The molecular formula is C25H30F3N5O4. The first kappa shape index (κ1) is 26.5. The van der Waals surface area contributed by atoms with Crippen molar-refractivity contribution in [2.75, 3.05) is 36.4 Å². The number of piperazine rings is 1. The van der Waals surface area contributed by atoms with Gasteiger partial charge in [0, 0.05) is 62.7 Å². The Labute approximate surface area is 212 Å². The van der Waals surface area contributed by atoms with Crippen molar-refractivity contribution in [1.82, 2.24) is 9.88 Å². The number of aromatic nitrogens is 1. The number of nitro groups is 1. The molecule has 1 amide bonds. The van der Waals surface area contributed by atoms with Crippen LogP contribution < -0.4 is 15.0 Å². The van der Waals surface area contributed by atoms with E-state index in [0.717, 1.165) is 18.0 Å². The van der Waals surface area contributed by atoms with Crippen molar-refractivity contribution < 1.29 is 27.6 Å². The van der Waals surface area contributed by atoms with Crippen molar-refractivity contribution in [3.8, 4) is 5.75 Å². The van der Waals surface area contributed by atoms with Crippen LogP contribution in [0, 0.1) is 10.1 Å². The van der Waals surface area contributed by atoms with Crippen LogP contribution in [0.15, 0.2) is 36.5 Å². The first-order valence-electron chi connectivity index (χ1n) is 12.4. The molecular weight excluding hydrogens is 491 g/mol. The maximum atomic E-state index is 13.3. The molecule has 1 saturated heterocycles. The second-order valence-corrected chi connectivity index (χ2v) is 9.29. The first-order valence-corrected chi connectivity index (χ1v) is 12.4. The summed E-state index contributed by atoms with van der Waals surface area (Å²) in [5, 5.41) is 14.1. The smallest absolute Gasteiger partial charge is 0.423 e. The highest BCUT2D eigenvalue weighted by atomic mass is 19.4. The van der Waals surface area contributed by atoms with Crippen LogP contribution in [-0.2, 0) is 11.0 Å². The molecule has 0 radical (unpaired) electrons. The number of carbonyl (C=O) groups is 1. The number of benzene rings is 1. The number of pyridine rings is 1. The van der Waals surface area contributed by atoms with Crippen molar-refractivity contribution >= 4 is 23.1 Å². The van der Waals surface area contributed by atoms with E-state index in [1.807, 2.05) is 17.9 Å². The lowest BCUT2D eigenvalue weighted by Crippen LogP contribution is -2.48. The number of carbonyl (C=O) groups excluding carboxylic acids is 1. The lowest BCUT2D eigenvalue weighted by molar-refractivity contribution is -0.388. The summed E-state index contributed by atoms with van der Waals surface area (Å²) in [5.74, 6) is 1.66. The highest BCUT2D eigenvalue weighted by molar-refractivity contribution is 5.76. The Hall–Kier alpha value is -3.57. The minimum Gasteiger partial charge on any atom is -0.490 e. The van der Waals surface area contributed by atoms with Crippen molar-refractivity contribution in [2.45, 2.75) is 57.3 Å². The Morgan fingerprint density at radius 2 is 1.84 bits per heavy atom. The highest BCUT2D eigenvalue weighted by Crippen LogP contribution is 2.38. The Kier molecular flexibility index (Phi) is 8.03. The number of ether oxygens (including phenoxy) is 1. The minimum absolute atomic E-state index is 0.0325. The van der Waals surface area contributed by atoms with Gasteiger partial charge in [-0.3, -0.25) is 14.9 Å². The van der Waals surface area contributed by atoms with Gasteiger partial charge in [-0.2, -0.15) is 13.2 Å². The molecule has 200 valence electrons. The normalized spacial score (nSPS) is 20.4. The molecule has 1 aliphatic carbocycles. The van der Waals surface area contributed by atoms with E-state index < -0.39 is 22.4 Å². The van der Waals surface area contributed by atoms with E-state index in [0.29, 0.717) is 64.0 Å². The molecule has 2 heterocycles. The molecule has 1 saturated carbocycles. The van der Waals surface area contributed by atoms with Crippen LogP contribution in [0.3, 0.4) is 0 Å². The predicted molar refractivity (Wildman–Crippen MR) is 132 cm³/mol. The lowest BCUT2D eigenvalue weighted by atomic mass is 9.92. The molecule has 2 aromatic rings. The molecule has 4 rings (SSSR count).